The third-order valence-corrected chi connectivity index (χ3v) is 1.20. The van der Waals surface area contributed by atoms with Crippen LogP contribution >= 0.6 is 0 Å². The predicted octanol–water partition coefficient (Wildman–Crippen LogP) is -1.08. The number of nitrogen functional groups attached to an aromatic ring is 3. The number of aromatic nitrogens is 2. The summed E-state index contributed by atoms with van der Waals surface area (Å²) in [6.45, 7) is 0. The minimum Gasteiger partial charge on any atom is -0.477 e. The molecule has 64 valence electrons. The number of nitrogens with zero attached hydrogens (tertiary/aromatic N) is 2. The number of hydrogen-bond acceptors (Lipinski definition) is 6. The predicted molar refractivity (Wildman–Crippen MR) is 42.2 cm³/mol. The largest absolute Gasteiger partial charge is 0.477 e. The molecule has 0 aliphatic carbocycles. The molecule has 0 aliphatic rings. The Morgan fingerprint density at radius 3 is 1.92 bits per heavy atom. The Balaban J connectivity index is 3.38. The molecule has 0 radical (unpaired) electrons. The van der Waals surface area contributed by atoms with Gasteiger partial charge in [0.15, 0.2) is 0 Å². The average Bonchev–Trinajstić information content (AvgIpc) is 1.82. The van der Waals surface area contributed by atoms with E-state index in [0.717, 1.165) is 0 Å². The second kappa shape index (κ2) is 2.53. The van der Waals surface area contributed by atoms with Gasteiger partial charge in [-0.1, -0.05) is 0 Å². The molecule has 0 saturated heterocycles. The van der Waals surface area contributed by atoms with Gasteiger partial charge in [-0.15, -0.1) is 0 Å². The molecule has 1 aromatic rings. The summed E-state index contributed by atoms with van der Waals surface area (Å²) < 4.78 is 0. The lowest BCUT2D eigenvalue weighted by Crippen LogP contribution is -2.12. The monoisotopic (exact) mass is 169 g/mol. The number of nitrogens with two attached hydrogens (primary N) is 3. The molecule has 0 unspecified atom stereocenters. The number of carboxylic acid groups (broad SMARTS) is 1. The molecule has 0 fully saturated rings. The van der Waals surface area contributed by atoms with E-state index in [-0.39, 0.29) is 23.1 Å². The SMILES string of the molecule is Nc1nc(N)c(C(=O)O)c(N)n1. The fourth-order valence-corrected chi connectivity index (χ4v) is 0.734. The third kappa shape index (κ3) is 1.19. The Morgan fingerprint density at radius 2 is 1.58 bits per heavy atom. The number of hydrogen-bond donors (Lipinski definition) is 4. The van der Waals surface area contributed by atoms with Crippen LogP contribution in [0.15, 0.2) is 0 Å². The van der Waals surface area contributed by atoms with Gasteiger partial charge in [-0.2, -0.15) is 9.97 Å². The summed E-state index contributed by atoms with van der Waals surface area (Å²) in [5, 5.41) is 8.56. The van der Waals surface area contributed by atoms with Gasteiger partial charge in [0.05, 0.1) is 0 Å². The Kier molecular flexibility index (Phi) is 1.70. The molecule has 0 amide bonds. The second-order valence-electron chi connectivity index (χ2n) is 2.03. The lowest BCUT2D eigenvalue weighted by Gasteiger charge is -2.02. The van der Waals surface area contributed by atoms with Gasteiger partial charge in [-0.05, 0) is 0 Å². The van der Waals surface area contributed by atoms with Crippen molar-refractivity contribution >= 4 is 23.6 Å². The van der Waals surface area contributed by atoms with E-state index < -0.39 is 5.97 Å². The number of aromatic carboxylic acids is 1. The Morgan fingerprint density at radius 1 is 1.17 bits per heavy atom. The van der Waals surface area contributed by atoms with Crippen molar-refractivity contribution in [2.24, 2.45) is 0 Å². The van der Waals surface area contributed by atoms with Gasteiger partial charge in [0.25, 0.3) is 0 Å². The lowest BCUT2D eigenvalue weighted by molar-refractivity contribution is 0.0698. The number of rotatable bonds is 1. The smallest absolute Gasteiger partial charge is 0.343 e. The molecular formula is C5H7N5O2. The van der Waals surface area contributed by atoms with Gasteiger partial charge in [0.2, 0.25) is 5.95 Å². The molecule has 1 heterocycles. The zero-order chi connectivity index (χ0) is 9.30. The first-order chi connectivity index (χ1) is 5.52. The normalized spacial score (nSPS) is 9.67. The van der Waals surface area contributed by atoms with Crippen LogP contribution in [0.2, 0.25) is 0 Å². The number of carbonyl (C=O) groups is 1. The third-order valence-electron chi connectivity index (χ3n) is 1.20. The molecule has 0 spiro atoms. The minimum atomic E-state index is -1.27. The van der Waals surface area contributed by atoms with Crippen molar-refractivity contribution < 1.29 is 9.90 Å². The highest BCUT2D eigenvalue weighted by molar-refractivity contribution is 5.97. The number of anilines is 3. The second-order valence-corrected chi connectivity index (χ2v) is 2.03. The molecular weight excluding hydrogens is 162 g/mol. The fourth-order valence-electron chi connectivity index (χ4n) is 0.734. The maximum atomic E-state index is 10.5. The van der Waals surface area contributed by atoms with E-state index in [1.807, 2.05) is 0 Å². The van der Waals surface area contributed by atoms with Gasteiger partial charge >= 0.3 is 5.97 Å². The molecule has 0 aromatic carbocycles. The van der Waals surface area contributed by atoms with Gasteiger partial charge in [-0.25, -0.2) is 4.79 Å². The molecule has 7 heteroatoms. The summed E-state index contributed by atoms with van der Waals surface area (Å²) in [5.74, 6) is -1.87. The first kappa shape index (κ1) is 8.05. The van der Waals surface area contributed by atoms with E-state index in [2.05, 4.69) is 9.97 Å². The van der Waals surface area contributed by atoms with E-state index >= 15 is 0 Å². The molecule has 0 saturated carbocycles. The van der Waals surface area contributed by atoms with Crippen LogP contribution in [0.1, 0.15) is 10.4 Å². The van der Waals surface area contributed by atoms with Crippen LogP contribution in [0, 0.1) is 0 Å². The summed E-state index contributed by atoms with van der Waals surface area (Å²) >= 11 is 0. The van der Waals surface area contributed by atoms with E-state index in [0.29, 0.717) is 0 Å². The van der Waals surface area contributed by atoms with E-state index in [1.165, 1.54) is 0 Å². The zero-order valence-corrected chi connectivity index (χ0v) is 5.98. The highest BCUT2D eigenvalue weighted by Gasteiger charge is 2.15. The molecule has 7 nitrogen and oxygen atoms in total. The standard InChI is InChI=1S/C5H7N5O2/c6-2-1(4(11)12)3(7)10-5(8)9-2/h(H,11,12)(H6,6,7,8,9,10). The maximum Gasteiger partial charge on any atom is 0.343 e. The van der Waals surface area contributed by atoms with Crippen LogP contribution in [-0.4, -0.2) is 21.0 Å². The quantitative estimate of drug-likeness (QED) is 0.419. The van der Waals surface area contributed by atoms with Crippen LogP contribution in [0.4, 0.5) is 17.6 Å². The molecule has 0 aliphatic heterocycles. The molecule has 7 N–H and O–H groups in total. The average molecular weight is 169 g/mol. The van der Waals surface area contributed by atoms with Crippen LogP contribution in [0.3, 0.4) is 0 Å². The molecule has 0 bridgehead atoms. The molecule has 1 aromatic heterocycles. The first-order valence-corrected chi connectivity index (χ1v) is 2.94. The van der Waals surface area contributed by atoms with Crippen molar-refractivity contribution in [2.75, 3.05) is 17.2 Å². The highest BCUT2D eigenvalue weighted by Crippen LogP contribution is 2.15. The summed E-state index contributed by atoms with van der Waals surface area (Å²) in [5.41, 5.74) is 15.3. The van der Waals surface area contributed by atoms with Gasteiger partial charge in [0.1, 0.15) is 17.2 Å². The van der Waals surface area contributed by atoms with E-state index in [4.69, 9.17) is 22.3 Å². The zero-order valence-electron chi connectivity index (χ0n) is 5.98. The van der Waals surface area contributed by atoms with Crippen molar-refractivity contribution in [3.63, 3.8) is 0 Å². The van der Waals surface area contributed by atoms with Crippen LogP contribution in [-0.2, 0) is 0 Å². The van der Waals surface area contributed by atoms with Crippen LogP contribution in [0.5, 0.6) is 0 Å². The topological polar surface area (TPSA) is 141 Å². The Bertz CT molecular complexity index is 314. The van der Waals surface area contributed by atoms with Crippen molar-refractivity contribution in [3.8, 4) is 0 Å². The van der Waals surface area contributed by atoms with Crippen LogP contribution in [0.25, 0.3) is 0 Å². The molecule has 1 rings (SSSR count). The first-order valence-electron chi connectivity index (χ1n) is 2.94. The van der Waals surface area contributed by atoms with Gasteiger partial charge < -0.3 is 22.3 Å². The van der Waals surface area contributed by atoms with Crippen molar-refractivity contribution in [1.29, 1.82) is 0 Å². The summed E-state index contributed by atoms with van der Waals surface area (Å²) in [6, 6.07) is 0. The maximum absolute atomic E-state index is 10.5. The highest BCUT2D eigenvalue weighted by atomic mass is 16.4. The summed E-state index contributed by atoms with van der Waals surface area (Å²) in [4.78, 5) is 17.4. The van der Waals surface area contributed by atoms with E-state index in [9.17, 15) is 4.79 Å². The Labute approximate surface area is 67.2 Å². The van der Waals surface area contributed by atoms with Crippen LogP contribution < -0.4 is 17.2 Å². The summed E-state index contributed by atoms with van der Waals surface area (Å²) in [6.07, 6.45) is 0. The lowest BCUT2D eigenvalue weighted by atomic mass is 10.3. The minimum absolute atomic E-state index is 0.144. The Hall–Kier alpha value is -2.05. The number of carboxylic acids is 1. The van der Waals surface area contributed by atoms with Crippen molar-refractivity contribution in [3.05, 3.63) is 5.56 Å². The van der Waals surface area contributed by atoms with E-state index in [1.54, 1.807) is 0 Å². The van der Waals surface area contributed by atoms with Gasteiger partial charge in [0, 0.05) is 0 Å². The van der Waals surface area contributed by atoms with Crippen molar-refractivity contribution in [1.82, 2.24) is 9.97 Å². The molecule has 0 atom stereocenters. The fraction of sp³-hybridized carbons (Fsp3) is 0. The van der Waals surface area contributed by atoms with Crippen molar-refractivity contribution in [2.45, 2.75) is 0 Å². The van der Waals surface area contributed by atoms with Gasteiger partial charge in [-0.3, -0.25) is 0 Å². The molecule has 12 heavy (non-hydrogen) atoms. The summed E-state index contributed by atoms with van der Waals surface area (Å²) in [7, 11) is 0.